The molecule has 1 N–H and O–H groups in total. The van der Waals surface area contributed by atoms with Gasteiger partial charge in [0.15, 0.2) is 6.61 Å². The maximum Gasteiger partial charge on any atom is 0.311 e. The zero-order valence-corrected chi connectivity index (χ0v) is 16.8. The highest BCUT2D eigenvalue weighted by Gasteiger charge is 2.37. The van der Waals surface area contributed by atoms with Gasteiger partial charge in [0, 0.05) is 13.0 Å². The number of aryl methyl sites for hydroxylation is 1. The summed E-state index contributed by atoms with van der Waals surface area (Å²) in [5, 5.41) is 3.87. The molecule has 0 spiro atoms. The van der Waals surface area contributed by atoms with Crippen molar-refractivity contribution in [2.45, 2.75) is 13.3 Å². The monoisotopic (exact) mass is 416 g/mol. The fourth-order valence-corrected chi connectivity index (χ4v) is 3.61. The van der Waals surface area contributed by atoms with Gasteiger partial charge in [0.25, 0.3) is 11.8 Å². The van der Waals surface area contributed by atoms with Crippen molar-refractivity contribution in [1.82, 2.24) is 5.32 Å². The van der Waals surface area contributed by atoms with Crippen molar-refractivity contribution < 1.29 is 28.7 Å². The van der Waals surface area contributed by atoms with Crippen LogP contribution in [0.25, 0.3) is 0 Å². The summed E-state index contributed by atoms with van der Waals surface area (Å²) in [5.41, 5.74) is 1.54. The van der Waals surface area contributed by atoms with Crippen LogP contribution in [0.1, 0.15) is 21.7 Å². The smallest absolute Gasteiger partial charge is 0.311 e. The summed E-state index contributed by atoms with van der Waals surface area (Å²) >= 11 is 1.19. The van der Waals surface area contributed by atoms with Gasteiger partial charge in [-0.3, -0.25) is 24.5 Å². The summed E-state index contributed by atoms with van der Waals surface area (Å²) < 4.78 is 10.3. The van der Waals surface area contributed by atoms with Gasteiger partial charge in [0.05, 0.1) is 23.6 Å². The molecule has 1 aromatic heterocycles. The first-order valence-corrected chi connectivity index (χ1v) is 9.76. The second kappa shape index (κ2) is 8.87. The number of nitrogens with one attached hydrogen (secondary N) is 1. The number of imide groups is 1. The van der Waals surface area contributed by atoms with Gasteiger partial charge in [-0.2, -0.15) is 0 Å². The summed E-state index contributed by atoms with van der Waals surface area (Å²) in [5.74, 6) is -2.33. The molecule has 1 aromatic carbocycles. The molecule has 2 aromatic rings. The molecule has 1 aliphatic rings. The van der Waals surface area contributed by atoms with E-state index >= 15 is 0 Å². The molecule has 1 fully saturated rings. The Hall–Kier alpha value is -3.20. The minimum atomic E-state index is -0.724. The Labute approximate surface area is 171 Å². The van der Waals surface area contributed by atoms with Crippen LogP contribution in [0.3, 0.4) is 0 Å². The first-order valence-electron chi connectivity index (χ1n) is 8.88. The number of anilines is 1. The first-order chi connectivity index (χ1) is 13.9. The number of hydrogen-bond donors (Lipinski definition) is 1. The topological polar surface area (TPSA) is 102 Å². The van der Waals surface area contributed by atoms with Crippen LogP contribution in [-0.2, 0) is 19.1 Å². The molecule has 0 saturated carbocycles. The molecule has 9 heteroatoms. The molecule has 29 heavy (non-hydrogen) atoms. The number of thiophene rings is 1. The Kier molecular flexibility index (Phi) is 6.28. The molecule has 3 amide bonds. The normalized spacial score (nSPS) is 15.9. The van der Waals surface area contributed by atoms with Crippen molar-refractivity contribution in [2.24, 2.45) is 5.92 Å². The highest BCUT2D eigenvalue weighted by atomic mass is 32.1. The molecular weight excluding hydrogens is 396 g/mol. The molecule has 152 valence electrons. The number of esters is 1. The second-order valence-corrected chi connectivity index (χ2v) is 7.49. The number of carbonyl (C=O) groups excluding carboxylic acids is 4. The number of amides is 3. The van der Waals surface area contributed by atoms with E-state index in [0.29, 0.717) is 16.3 Å². The molecule has 3 rings (SSSR count). The molecule has 0 unspecified atom stereocenters. The lowest BCUT2D eigenvalue weighted by Crippen LogP contribution is -2.35. The number of rotatable bonds is 6. The maximum absolute atomic E-state index is 12.4. The molecule has 1 aliphatic heterocycles. The summed E-state index contributed by atoms with van der Waals surface area (Å²) in [6, 6.07) is 8.71. The van der Waals surface area contributed by atoms with E-state index in [1.54, 1.807) is 23.6 Å². The van der Waals surface area contributed by atoms with E-state index in [-0.39, 0.29) is 18.9 Å². The molecule has 1 saturated heterocycles. The minimum absolute atomic E-state index is 0.0221. The van der Waals surface area contributed by atoms with Crippen molar-refractivity contribution in [3.8, 4) is 5.75 Å². The summed E-state index contributed by atoms with van der Waals surface area (Å²) in [6.07, 6.45) is -0.0221. The standard InChI is InChI=1S/C20H20N2O6S/c1-12-5-6-15(27-2)14(8-12)22-10-13(9-18(22)24)20(26)28-11-17(23)21-19(25)16-4-3-7-29-16/h3-8,13H,9-11H2,1-2H3,(H,21,23,25)/t13-/m1/s1. The van der Waals surface area contributed by atoms with Gasteiger partial charge in [-0.25, -0.2) is 0 Å². The van der Waals surface area contributed by atoms with Crippen LogP contribution in [0.2, 0.25) is 0 Å². The van der Waals surface area contributed by atoms with Gasteiger partial charge < -0.3 is 14.4 Å². The van der Waals surface area contributed by atoms with Crippen LogP contribution in [0.4, 0.5) is 5.69 Å². The highest BCUT2D eigenvalue weighted by Crippen LogP contribution is 2.34. The van der Waals surface area contributed by atoms with Crippen molar-refractivity contribution in [3.05, 3.63) is 46.2 Å². The van der Waals surface area contributed by atoms with E-state index in [9.17, 15) is 19.2 Å². The van der Waals surface area contributed by atoms with Crippen molar-refractivity contribution in [3.63, 3.8) is 0 Å². The number of ether oxygens (including phenoxy) is 2. The number of methoxy groups -OCH3 is 1. The zero-order chi connectivity index (χ0) is 21.0. The average molecular weight is 416 g/mol. The molecule has 2 heterocycles. The number of hydrogen-bond acceptors (Lipinski definition) is 7. The van der Waals surface area contributed by atoms with Gasteiger partial charge in [-0.1, -0.05) is 12.1 Å². The Morgan fingerprint density at radius 1 is 1.28 bits per heavy atom. The molecule has 8 nitrogen and oxygen atoms in total. The van der Waals surface area contributed by atoms with E-state index in [4.69, 9.17) is 9.47 Å². The minimum Gasteiger partial charge on any atom is -0.495 e. The lowest BCUT2D eigenvalue weighted by atomic mass is 10.1. The molecular formula is C20H20N2O6S. The third-order valence-corrected chi connectivity index (χ3v) is 5.30. The first kappa shape index (κ1) is 20.5. The van der Waals surface area contributed by atoms with Gasteiger partial charge in [0.1, 0.15) is 5.75 Å². The Balaban J connectivity index is 1.56. The predicted molar refractivity (Wildman–Crippen MR) is 106 cm³/mol. The van der Waals surface area contributed by atoms with Crippen molar-refractivity contribution in [2.75, 3.05) is 25.2 Å². The SMILES string of the molecule is COc1ccc(C)cc1N1C[C@H](C(=O)OCC(=O)NC(=O)c2cccs2)CC1=O. The van der Waals surface area contributed by atoms with E-state index in [2.05, 4.69) is 5.32 Å². The van der Waals surface area contributed by atoms with Crippen LogP contribution in [0.15, 0.2) is 35.7 Å². The fourth-order valence-electron chi connectivity index (χ4n) is 3.00. The van der Waals surface area contributed by atoms with Gasteiger partial charge in [-0.05, 0) is 36.1 Å². The van der Waals surface area contributed by atoms with Crippen LogP contribution < -0.4 is 15.0 Å². The molecule has 1 atom stereocenters. The van der Waals surface area contributed by atoms with Crippen LogP contribution in [0.5, 0.6) is 5.75 Å². The van der Waals surface area contributed by atoms with Crippen LogP contribution in [0, 0.1) is 12.8 Å². The van der Waals surface area contributed by atoms with Crippen molar-refractivity contribution >= 4 is 40.7 Å². The zero-order valence-electron chi connectivity index (χ0n) is 16.0. The van der Waals surface area contributed by atoms with E-state index < -0.39 is 30.3 Å². The average Bonchev–Trinajstić information content (AvgIpc) is 3.36. The Bertz CT molecular complexity index is 940. The Morgan fingerprint density at radius 3 is 2.76 bits per heavy atom. The summed E-state index contributed by atoms with van der Waals surface area (Å²) in [6.45, 7) is 1.44. The van der Waals surface area contributed by atoms with Gasteiger partial charge in [-0.15, -0.1) is 11.3 Å². The largest absolute Gasteiger partial charge is 0.495 e. The number of nitrogens with zero attached hydrogens (tertiary/aromatic N) is 1. The van der Waals surface area contributed by atoms with Crippen molar-refractivity contribution in [1.29, 1.82) is 0 Å². The van der Waals surface area contributed by atoms with E-state index in [0.717, 1.165) is 5.56 Å². The van der Waals surface area contributed by atoms with E-state index in [1.807, 2.05) is 19.1 Å². The maximum atomic E-state index is 12.4. The molecule has 0 radical (unpaired) electrons. The predicted octanol–water partition coefficient (Wildman–Crippen LogP) is 1.92. The van der Waals surface area contributed by atoms with Crippen LogP contribution in [-0.4, -0.2) is 44.0 Å². The second-order valence-electron chi connectivity index (χ2n) is 6.54. The highest BCUT2D eigenvalue weighted by molar-refractivity contribution is 7.12. The van der Waals surface area contributed by atoms with Gasteiger partial charge >= 0.3 is 5.97 Å². The Morgan fingerprint density at radius 2 is 2.07 bits per heavy atom. The number of carbonyl (C=O) groups is 4. The lowest BCUT2D eigenvalue weighted by molar-refractivity contribution is -0.152. The quantitative estimate of drug-likeness (QED) is 0.722. The van der Waals surface area contributed by atoms with Gasteiger partial charge in [0.2, 0.25) is 5.91 Å². The summed E-state index contributed by atoms with van der Waals surface area (Å²) in [4.78, 5) is 50.3. The summed E-state index contributed by atoms with van der Waals surface area (Å²) in [7, 11) is 1.51. The van der Waals surface area contributed by atoms with E-state index in [1.165, 1.54) is 23.3 Å². The molecule has 0 aliphatic carbocycles. The van der Waals surface area contributed by atoms with Crippen LogP contribution >= 0.6 is 11.3 Å². The fraction of sp³-hybridized carbons (Fsp3) is 0.300. The molecule has 0 bridgehead atoms. The third-order valence-electron chi connectivity index (χ3n) is 4.43. The lowest BCUT2D eigenvalue weighted by Gasteiger charge is -2.20. The third kappa shape index (κ3) is 4.80. The number of benzene rings is 1.